The molecule has 106 valence electrons. The molecule has 2 aromatic rings. The molecule has 0 aliphatic carbocycles. The molecule has 0 aliphatic heterocycles. The third kappa shape index (κ3) is 3.20. The smallest absolute Gasteiger partial charge is 0.337 e. The predicted molar refractivity (Wildman–Crippen MR) is 77.4 cm³/mol. The average Bonchev–Trinajstić information content (AvgIpc) is 2.84. The third-order valence-electron chi connectivity index (χ3n) is 3.27. The van der Waals surface area contributed by atoms with E-state index < -0.39 is 5.97 Å². The van der Waals surface area contributed by atoms with E-state index in [0.717, 1.165) is 11.4 Å². The summed E-state index contributed by atoms with van der Waals surface area (Å²) in [4.78, 5) is 11.1. The summed E-state index contributed by atoms with van der Waals surface area (Å²) in [6.45, 7) is 5.15. The van der Waals surface area contributed by atoms with Crippen LogP contribution in [0.3, 0.4) is 0 Å². The van der Waals surface area contributed by atoms with Crippen LogP contribution in [0.2, 0.25) is 0 Å². The van der Waals surface area contributed by atoms with Crippen LogP contribution in [0.4, 0.5) is 0 Å². The second-order valence-corrected chi connectivity index (χ2v) is 4.69. The van der Waals surface area contributed by atoms with Crippen molar-refractivity contribution in [2.45, 2.75) is 26.8 Å². The topological polar surface area (TPSA) is 51.5 Å². The van der Waals surface area contributed by atoms with Crippen LogP contribution in [-0.4, -0.2) is 22.2 Å². The Morgan fingerprint density at radius 1 is 1.25 bits per heavy atom. The molecule has 0 atom stereocenters. The first-order chi connectivity index (χ1) is 9.61. The zero-order valence-electron chi connectivity index (χ0n) is 11.8. The van der Waals surface area contributed by atoms with Gasteiger partial charge in [0.2, 0.25) is 0 Å². The number of carbonyl (C=O) groups is 1. The molecule has 20 heavy (non-hydrogen) atoms. The molecular weight excluding hydrogens is 254 g/mol. The van der Waals surface area contributed by atoms with Gasteiger partial charge < -0.3 is 14.4 Å². The second-order valence-electron chi connectivity index (χ2n) is 4.69. The maximum atomic E-state index is 11.1. The number of carboxylic acids is 1. The van der Waals surface area contributed by atoms with Gasteiger partial charge in [-0.25, -0.2) is 4.79 Å². The van der Waals surface area contributed by atoms with Crippen LogP contribution >= 0.6 is 0 Å². The van der Waals surface area contributed by atoms with Gasteiger partial charge in [-0.05, 0) is 31.5 Å². The minimum absolute atomic E-state index is 0.378. The number of aromatic nitrogens is 1. The normalized spacial score (nSPS) is 10.5. The minimum Gasteiger partial charge on any atom is -0.492 e. The lowest BCUT2D eigenvalue weighted by molar-refractivity contribution is 0.0695. The molecule has 0 fully saturated rings. The Kier molecular flexibility index (Phi) is 4.45. The van der Waals surface area contributed by atoms with Crippen molar-refractivity contribution in [3.63, 3.8) is 0 Å². The summed E-state index contributed by atoms with van der Waals surface area (Å²) in [6, 6.07) is 9.53. The number of aromatic carboxylic acids is 1. The molecule has 0 spiro atoms. The monoisotopic (exact) mass is 273 g/mol. The lowest BCUT2D eigenvalue weighted by Gasteiger charge is -2.10. The van der Waals surface area contributed by atoms with Crippen molar-refractivity contribution in [2.24, 2.45) is 0 Å². The molecule has 0 amide bonds. The average molecular weight is 273 g/mol. The van der Waals surface area contributed by atoms with Crippen molar-refractivity contribution in [3.8, 4) is 5.75 Å². The Balaban J connectivity index is 1.97. The van der Waals surface area contributed by atoms with Crippen LogP contribution in [0.1, 0.15) is 28.5 Å². The molecule has 0 aliphatic rings. The summed E-state index contributed by atoms with van der Waals surface area (Å²) in [5.41, 5.74) is 2.41. The molecule has 1 aromatic heterocycles. The molecule has 1 heterocycles. The number of nitrogens with zero attached hydrogens (tertiary/aromatic N) is 1. The van der Waals surface area contributed by atoms with Gasteiger partial charge in [0.15, 0.2) is 0 Å². The van der Waals surface area contributed by atoms with E-state index >= 15 is 0 Å². The van der Waals surface area contributed by atoms with Gasteiger partial charge >= 0.3 is 5.97 Å². The van der Waals surface area contributed by atoms with Crippen molar-refractivity contribution in [3.05, 3.63) is 53.3 Å². The number of ether oxygens (including phenoxy) is 1. The summed E-state index contributed by atoms with van der Waals surface area (Å²) in [6.07, 6.45) is 2.50. The maximum absolute atomic E-state index is 11.1. The van der Waals surface area contributed by atoms with Crippen LogP contribution < -0.4 is 4.74 Å². The fourth-order valence-corrected chi connectivity index (χ4v) is 2.20. The van der Waals surface area contributed by atoms with E-state index in [1.54, 1.807) is 12.3 Å². The van der Waals surface area contributed by atoms with Gasteiger partial charge in [0, 0.05) is 11.9 Å². The standard InChI is InChI=1S/C16H19NO3/c1-3-15-14(16(18)19)8-9-17(15)10-11-20-13-6-4-12(2)5-7-13/h4-9H,3,10-11H2,1-2H3,(H,18,19). The highest BCUT2D eigenvalue weighted by atomic mass is 16.5. The molecule has 0 saturated heterocycles. The number of rotatable bonds is 6. The van der Waals surface area contributed by atoms with E-state index in [2.05, 4.69) is 0 Å². The SMILES string of the molecule is CCc1c(C(=O)O)ccn1CCOc1ccc(C)cc1. The van der Waals surface area contributed by atoms with E-state index in [1.165, 1.54) is 5.56 Å². The van der Waals surface area contributed by atoms with Gasteiger partial charge in [0.1, 0.15) is 12.4 Å². The Bertz CT molecular complexity index is 584. The molecule has 0 saturated carbocycles. The zero-order chi connectivity index (χ0) is 14.5. The Hall–Kier alpha value is -2.23. The van der Waals surface area contributed by atoms with Gasteiger partial charge in [0.05, 0.1) is 12.1 Å². The fraction of sp³-hybridized carbons (Fsp3) is 0.312. The molecule has 0 bridgehead atoms. The van der Waals surface area contributed by atoms with Crippen molar-refractivity contribution in [1.29, 1.82) is 0 Å². The van der Waals surface area contributed by atoms with Crippen molar-refractivity contribution in [1.82, 2.24) is 4.57 Å². The largest absolute Gasteiger partial charge is 0.492 e. The first-order valence-corrected chi connectivity index (χ1v) is 6.72. The van der Waals surface area contributed by atoms with Crippen molar-refractivity contribution >= 4 is 5.97 Å². The van der Waals surface area contributed by atoms with Gasteiger partial charge in [-0.2, -0.15) is 0 Å². The number of hydrogen-bond donors (Lipinski definition) is 1. The van der Waals surface area contributed by atoms with E-state index in [9.17, 15) is 4.79 Å². The molecule has 4 heteroatoms. The fourth-order valence-electron chi connectivity index (χ4n) is 2.20. The van der Waals surface area contributed by atoms with Crippen molar-refractivity contribution in [2.75, 3.05) is 6.61 Å². The highest BCUT2D eigenvalue weighted by Crippen LogP contribution is 2.14. The highest BCUT2D eigenvalue weighted by molar-refractivity contribution is 5.89. The number of aryl methyl sites for hydroxylation is 1. The van der Waals surface area contributed by atoms with Gasteiger partial charge in [0.25, 0.3) is 0 Å². The molecule has 1 N–H and O–H groups in total. The first-order valence-electron chi connectivity index (χ1n) is 6.72. The Morgan fingerprint density at radius 3 is 2.55 bits per heavy atom. The minimum atomic E-state index is -0.875. The Morgan fingerprint density at radius 2 is 1.95 bits per heavy atom. The van der Waals surface area contributed by atoms with Crippen LogP contribution in [0.5, 0.6) is 5.75 Å². The molecule has 1 aromatic carbocycles. The van der Waals surface area contributed by atoms with Crippen LogP contribution in [0.15, 0.2) is 36.5 Å². The first kappa shape index (κ1) is 14.2. The predicted octanol–water partition coefficient (Wildman–Crippen LogP) is 3.14. The van der Waals surface area contributed by atoms with Gasteiger partial charge in [-0.15, -0.1) is 0 Å². The maximum Gasteiger partial charge on any atom is 0.337 e. The molecular formula is C16H19NO3. The van der Waals surface area contributed by atoms with E-state index in [1.807, 2.05) is 42.7 Å². The van der Waals surface area contributed by atoms with E-state index in [4.69, 9.17) is 9.84 Å². The molecule has 0 radical (unpaired) electrons. The number of benzene rings is 1. The van der Waals surface area contributed by atoms with Crippen LogP contribution in [0, 0.1) is 6.92 Å². The zero-order valence-corrected chi connectivity index (χ0v) is 11.8. The summed E-state index contributed by atoms with van der Waals surface area (Å²) >= 11 is 0. The lowest BCUT2D eigenvalue weighted by atomic mass is 10.2. The van der Waals surface area contributed by atoms with Gasteiger partial charge in [-0.3, -0.25) is 0 Å². The molecule has 0 unspecified atom stereocenters. The van der Waals surface area contributed by atoms with E-state index in [0.29, 0.717) is 25.1 Å². The molecule has 2 rings (SSSR count). The third-order valence-corrected chi connectivity index (χ3v) is 3.27. The van der Waals surface area contributed by atoms with Crippen molar-refractivity contribution < 1.29 is 14.6 Å². The lowest BCUT2D eigenvalue weighted by Crippen LogP contribution is -2.11. The number of carboxylic acid groups (broad SMARTS) is 1. The van der Waals surface area contributed by atoms with E-state index in [-0.39, 0.29) is 0 Å². The molecule has 4 nitrogen and oxygen atoms in total. The summed E-state index contributed by atoms with van der Waals surface area (Å²) in [5, 5.41) is 9.09. The quantitative estimate of drug-likeness (QED) is 0.879. The summed E-state index contributed by atoms with van der Waals surface area (Å²) < 4.78 is 7.61. The summed E-state index contributed by atoms with van der Waals surface area (Å²) in [7, 11) is 0. The van der Waals surface area contributed by atoms with Crippen LogP contribution in [-0.2, 0) is 13.0 Å². The highest BCUT2D eigenvalue weighted by Gasteiger charge is 2.13. The number of hydrogen-bond acceptors (Lipinski definition) is 2. The van der Waals surface area contributed by atoms with Gasteiger partial charge in [-0.1, -0.05) is 24.6 Å². The van der Waals surface area contributed by atoms with Crippen LogP contribution in [0.25, 0.3) is 0 Å². The summed E-state index contributed by atoms with van der Waals surface area (Å²) in [5.74, 6) is -0.0423. The second kappa shape index (κ2) is 6.28. The Labute approximate surface area is 118 Å².